The lowest BCUT2D eigenvalue weighted by Gasteiger charge is -2.07. The summed E-state index contributed by atoms with van der Waals surface area (Å²) in [5.74, 6) is 0.244. The van der Waals surface area contributed by atoms with Crippen molar-refractivity contribution in [3.05, 3.63) is 110 Å². The number of amides is 1. The van der Waals surface area contributed by atoms with Crippen molar-refractivity contribution >= 4 is 44.4 Å². The molecule has 0 aliphatic rings. The summed E-state index contributed by atoms with van der Waals surface area (Å²) >= 11 is 1.07. The number of benzene rings is 3. The number of methoxy groups -OCH3 is 1. The van der Waals surface area contributed by atoms with Gasteiger partial charge >= 0.3 is 5.69 Å². The molecular weight excluding hydrogens is 516 g/mol. The van der Waals surface area contributed by atoms with Crippen LogP contribution < -0.4 is 21.3 Å². The number of carbonyl (C=O) groups is 1. The number of aromatic amines is 1. The molecule has 0 aliphatic carbocycles. The fourth-order valence-electron chi connectivity index (χ4n) is 3.98. The number of para-hydroxylation sites is 1. The molecule has 5 rings (SSSR count). The average Bonchev–Trinajstić information content (AvgIpc) is 3.41. The summed E-state index contributed by atoms with van der Waals surface area (Å²) in [7, 11) is 1.58. The predicted octanol–water partition coefficient (Wildman–Crippen LogP) is 4.25. The number of H-pyrrole nitrogens is 1. The summed E-state index contributed by atoms with van der Waals surface area (Å²) in [6.45, 7) is 1.81. The number of rotatable bonds is 6. The molecule has 0 fully saturated rings. The van der Waals surface area contributed by atoms with Gasteiger partial charge in [-0.2, -0.15) is 5.26 Å². The van der Waals surface area contributed by atoms with Gasteiger partial charge in [0, 0.05) is 5.56 Å². The second kappa shape index (κ2) is 10.6. The van der Waals surface area contributed by atoms with Gasteiger partial charge in [-0.3, -0.25) is 14.9 Å². The quantitative estimate of drug-likeness (QED) is 0.309. The van der Waals surface area contributed by atoms with E-state index in [9.17, 15) is 19.6 Å². The Balaban J connectivity index is 1.36. The fourth-order valence-corrected chi connectivity index (χ4v) is 4.77. The molecule has 0 bridgehead atoms. The van der Waals surface area contributed by atoms with E-state index in [1.165, 1.54) is 24.3 Å². The highest BCUT2D eigenvalue weighted by Crippen LogP contribution is 2.30. The van der Waals surface area contributed by atoms with Crippen molar-refractivity contribution in [3.8, 4) is 17.5 Å². The van der Waals surface area contributed by atoms with E-state index in [4.69, 9.17) is 4.74 Å². The summed E-state index contributed by atoms with van der Waals surface area (Å²) < 4.78 is 6.20. The van der Waals surface area contributed by atoms with Crippen LogP contribution >= 0.6 is 11.3 Å². The minimum Gasteiger partial charge on any atom is -0.497 e. The molecule has 0 atom stereocenters. The number of fused-ring (bicyclic) bond motifs is 1. The van der Waals surface area contributed by atoms with Crippen molar-refractivity contribution in [2.24, 2.45) is 0 Å². The topological polar surface area (TPSA) is 143 Å². The average molecular weight is 537 g/mol. The second-order valence-electron chi connectivity index (χ2n) is 8.37. The summed E-state index contributed by atoms with van der Waals surface area (Å²) in [6, 6.07) is 22.2. The molecule has 0 spiro atoms. The molecule has 39 heavy (non-hydrogen) atoms. The molecule has 0 saturated carbocycles. The molecule has 2 N–H and O–H groups in total. The van der Waals surface area contributed by atoms with E-state index >= 15 is 0 Å². The Bertz CT molecular complexity index is 1890. The molecule has 0 unspecified atom stereocenters. The minimum absolute atomic E-state index is 0.219. The highest BCUT2D eigenvalue weighted by molar-refractivity contribution is 7.16. The fraction of sp³-hybridized carbons (Fsp3) is 0.0714. The summed E-state index contributed by atoms with van der Waals surface area (Å²) in [5, 5.41) is 21.5. The van der Waals surface area contributed by atoms with Gasteiger partial charge in [0.1, 0.15) is 11.8 Å². The Labute approximate surface area is 225 Å². The van der Waals surface area contributed by atoms with Gasteiger partial charge in [0.15, 0.2) is 5.01 Å². The number of anilines is 1. The van der Waals surface area contributed by atoms with Gasteiger partial charge in [-0.1, -0.05) is 35.6 Å². The van der Waals surface area contributed by atoms with Crippen molar-refractivity contribution in [2.45, 2.75) is 6.92 Å². The van der Waals surface area contributed by atoms with Crippen molar-refractivity contribution in [2.75, 3.05) is 12.4 Å². The third-order valence-electron chi connectivity index (χ3n) is 6.06. The second-order valence-corrected chi connectivity index (χ2v) is 9.35. The first-order valence-electron chi connectivity index (χ1n) is 11.6. The van der Waals surface area contributed by atoms with Gasteiger partial charge in [0.25, 0.3) is 11.5 Å². The Morgan fingerprint density at radius 1 is 1.00 bits per heavy atom. The van der Waals surface area contributed by atoms with Gasteiger partial charge < -0.3 is 9.72 Å². The molecule has 11 heteroatoms. The van der Waals surface area contributed by atoms with Crippen LogP contribution in [0.5, 0.6) is 5.75 Å². The molecule has 0 saturated heterocycles. The highest BCUT2D eigenvalue weighted by atomic mass is 32.1. The molecule has 2 heterocycles. The van der Waals surface area contributed by atoms with Crippen LogP contribution in [-0.2, 0) is 0 Å². The summed E-state index contributed by atoms with van der Waals surface area (Å²) in [4.78, 5) is 40.9. The van der Waals surface area contributed by atoms with Gasteiger partial charge in [0.2, 0.25) is 5.13 Å². The maximum absolute atomic E-state index is 12.9. The third kappa shape index (κ3) is 4.96. The highest BCUT2D eigenvalue weighted by Gasteiger charge is 2.16. The van der Waals surface area contributed by atoms with Crippen molar-refractivity contribution in [1.82, 2.24) is 19.7 Å². The van der Waals surface area contributed by atoms with Gasteiger partial charge in [-0.15, -0.1) is 10.2 Å². The van der Waals surface area contributed by atoms with E-state index in [-0.39, 0.29) is 10.7 Å². The molecule has 192 valence electrons. The van der Waals surface area contributed by atoms with E-state index in [1.807, 2.05) is 19.1 Å². The smallest absolute Gasteiger partial charge is 0.333 e. The van der Waals surface area contributed by atoms with Crippen LogP contribution in [-0.4, -0.2) is 32.8 Å². The lowest BCUT2D eigenvalue weighted by Crippen LogP contribution is -2.33. The Morgan fingerprint density at radius 2 is 1.69 bits per heavy atom. The van der Waals surface area contributed by atoms with Crippen molar-refractivity contribution < 1.29 is 9.53 Å². The van der Waals surface area contributed by atoms with Crippen molar-refractivity contribution in [1.29, 1.82) is 5.26 Å². The van der Waals surface area contributed by atoms with Crippen LogP contribution in [0.25, 0.3) is 27.7 Å². The van der Waals surface area contributed by atoms with E-state index in [0.717, 1.165) is 21.5 Å². The molecule has 5 aromatic rings. The van der Waals surface area contributed by atoms with E-state index in [1.54, 1.807) is 43.5 Å². The normalized spacial score (nSPS) is 11.5. The maximum Gasteiger partial charge on any atom is 0.333 e. The number of nitrogens with zero attached hydrogens (tertiary/aromatic N) is 4. The number of carbonyl (C=O) groups excluding carboxylic acids is 1. The van der Waals surface area contributed by atoms with E-state index in [2.05, 4.69) is 26.6 Å². The maximum atomic E-state index is 12.9. The zero-order valence-corrected chi connectivity index (χ0v) is 21.6. The molecule has 2 aromatic heterocycles. The number of allylic oxidation sites excluding steroid dienone is 2. The monoisotopic (exact) mass is 536 g/mol. The van der Waals surface area contributed by atoms with Crippen LogP contribution in [0.1, 0.15) is 27.9 Å². The molecule has 3 aromatic carbocycles. The van der Waals surface area contributed by atoms with E-state index in [0.29, 0.717) is 38.5 Å². The first kappa shape index (κ1) is 25.3. The number of nitrogens with one attached hydrogen (secondary N) is 2. The number of nitriles is 1. The zero-order chi connectivity index (χ0) is 27.5. The number of hydrogen-bond donors (Lipinski definition) is 2. The Morgan fingerprint density at radius 3 is 2.38 bits per heavy atom. The minimum atomic E-state index is -0.580. The van der Waals surface area contributed by atoms with Crippen LogP contribution in [0.15, 0.2) is 82.4 Å². The molecule has 10 nitrogen and oxygen atoms in total. The number of ether oxygens (including phenoxy) is 1. The van der Waals surface area contributed by atoms with Crippen LogP contribution in [0, 0.1) is 11.3 Å². The molecule has 0 aliphatic heterocycles. The van der Waals surface area contributed by atoms with Crippen molar-refractivity contribution in [3.63, 3.8) is 0 Å². The van der Waals surface area contributed by atoms with Crippen LogP contribution in [0.2, 0.25) is 0 Å². The van der Waals surface area contributed by atoms with Gasteiger partial charge in [0.05, 0.1) is 29.3 Å². The lowest BCUT2D eigenvalue weighted by molar-refractivity contribution is 0.102. The van der Waals surface area contributed by atoms with E-state index < -0.39 is 17.2 Å². The van der Waals surface area contributed by atoms with Crippen LogP contribution in [0.3, 0.4) is 0 Å². The predicted molar refractivity (Wildman–Crippen MR) is 149 cm³/mol. The molecular formula is C28H20N6O4S. The number of aromatic nitrogens is 4. The van der Waals surface area contributed by atoms with Gasteiger partial charge in [-0.05, 0) is 66.6 Å². The number of hydrogen-bond acceptors (Lipinski definition) is 8. The summed E-state index contributed by atoms with van der Waals surface area (Å²) in [6.07, 6.45) is 0. The molecule has 1 amide bonds. The standard InChI is InChI=1S/C28H20N6O4S/c1-16(17-9-13-20(38-2)14-10-17)22(15-29)25-32-33-27(39-25)31-24(35)18-7-11-19(12-8-18)34-26(36)21-5-3-4-6-23(21)30-28(34)37/h3-14H,1-2H3,(H,30,37)(H,31,33,35)/b22-16-. The first-order chi connectivity index (χ1) is 18.9. The summed E-state index contributed by atoms with van der Waals surface area (Å²) in [5.41, 5.74) is 1.90. The zero-order valence-electron chi connectivity index (χ0n) is 20.8. The largest absolute Gasteiger partial charge is 0.497 e. The first-order valence-corrected chi connectivity index (χ1v) is 12.5. The lowest BCUT2D eigenvalue weighted by atomic mass is 10.0. The van der Waals surface area contributed by atoms with Crippen LogP contribution in [0.4, 0.5) is 5.13 Å². The molecule has 0 radical (unpaired) electrons. The Hall–Kier alpha value is -5.34. The Kier molecular flexibility index (Phi) is 6.86. The SMILES string of the molecule is COc1ccc(/C(C)=C(/C#N)c2nnc(NC(=O)c3ccc(-n4c(=O)[nH]c5ccccc5c4=O)cc3)s2)cc1. The third-order valence-corrected chi connectivity index (χ3v) is 6.92. The van der Waals surface area contributed by atoms with Gasteiger partial charge in [-0.25, -0.2) is 9.36 Å².